The van der Waals surface area contributed by atoms with Crippen molar-refractivity contribution in [2.75, 3.05) is 0 Å². The monoisotopic (exact) mass is 175 g/mol. The first kappa shape index (κ1) is 8.42. The number of fused-ring (bicyclic) bond motifs is 1. The van der Waals surface area contributed by atoms with Gasteiger partial charge in [0.1, 0.15) is 6.29 Å². The third kappa shape index (κ3) is 1.48. The Bertz CT molecular complexity index is 344. The highest BCUT2D eigenvalue weighted by atomic mass is 16.1. The Hall–Kier alpha value is -1.18. The van der Waals surface area contributed by atoms with Gasteiger partial charge in [0, 0.05) is 17.0 Å². The summed E-state index contributed by atoms with van der Waals surface area (Å²) < 4.78 is 0. The van der Waals surface area contributed by atoms with E-state index in [1.54, 1.807) is 0 Å². The summed E-state index contributed by atoms with van der Waals surface area (Å²) >= 11 is 0. The Balaban J connectivity index is 2.56. The molecule has 2 rings (SSSR count). The van der Waals surface area contributed by atoms with Crippen LogP contribution in [0.1, 0.15) is 40.2 Å². The number of hydrogen-bond acceptors (Lipinski definition) is 2. The molecule has 0 atom stereocenters. The maximum atomic E-state index is 10.8. The van der Waals surface area contributed by atoms with Crippen LogP contribution in [0.2, 0.25) is 0 Å². The number of hydrogen-bond donors (Lipinski definition) is 0. The van der Waals surface area contributed by atoms with Gasteiger partial charge in [0.05, 0.1) is 0 Å². The SMILES string of the molecule is Cc1cc(C=O)c2c(n1)CCCC2. The zero-order valence-corrected chi connectivity index (χ0v) is 7.84. The van der Waals surface area contributed by atoms with E-state index in [0.29, 0.717) is 0 Å². The number of aldehydes is 1. The molecular weight excluding hydrogens is 162 g/mol. The van der Waals surface area contributed by atoms with Gasteiger partial charge >= 0.3 is 0 Å². The molecule has 0 aliphatic heterocycles. The summed E-state index contributed by atoms with van der Waals surface area (Å²) in [7, 11) is 0. The lowest BCUT2D eigenvalue weighted by molar-refractivity contribution is 0.112. The molecule has 0 unspecified atom stereocenters. The minimum atomic E-state index is 0.849. The predicted octanol–water partition coefficient (Wildman–Crippen LogP) is 2.08. The summed E-state index contributed by atoms with van der Waals surface area (Å²) in [6, 6.07) is 1.89. The van der Waals surface area contributed by atoms with Gasteiger partial charge in [-0.25, -0.2) is 0 Å². The van der Waals surface area contributed by atoms with Crippen molar-refractivity contribution >= 4 is 6.29 Å². The van der Waals surface area contributed by atoms with Gasteiger partial charge in [-0.2, -0.15) is 0 Å². The van der Waals surface area contributed by atoms with Gasteiger partial charge in [-0.1, -0.05) is 0 Å². The number of pyridine rings is 1. The van der Waals surface area contributed by atoms with E-state index in [2.05, 4.69) is 4.98 Å². The second-order valence-electron chi connectivity index (χ2n) is 3.60. The van der Waals surface area contributed by atoms with E-state index in [-0.39, 0.29) is 0 Å². The van der Waals surface area contributed by atoms with Gasteiger partial charge in [-0.3, -0.25) is 9.78 Å². The van der Waals surface area contributed by atoms with E-state index in [4.69, 9.17) is 0 Å². The number of carbonyl (C=O) groups excluding carboxylic acids is 1. The molecule has 0 fully saturated rings. The molecular formula is C11H13NO. The van der Waals surface area contributed by atoms with Crippen LogP contribution in [0, 0.1) is 6.92 Å². The van der Waals surface area contributed by atoms with Crippen LogP contribution in [0.3, 0.4) is 0 Å². The fourth-order valence-corrected chi connectivity index (χ4v) is 1.99. The lowest BCUT2D eigenvalue weighted by Crippen LogP contribution is -2.09. The minimum Gasteiger partial charge on any atom is -0.298 e. The molecule has 0 bridgehead atoms. The molecule has 0 spiro atoms. The van der Waals surface area contributed by atoms with Gasteiger partial charge in [0.2, 0.25) is 0 Å². The number of nitrogens with zero attached hydrogens (tertiary/aromatic N) is 1. The van der Waals surface area contributed by atoms with Crippen molar-refractivity contribution in [1.29, 1.82) is 0 Å². The Morgan fingerprint density at radius 2 is 2.15 bits per heavy atom. The van der Waals surface area contributed by atoms with Crippen molar-refractivity contribution in [1.82, 2.24) is 4.98 Å². The molecule has 1 aliphatic carbocycles. The number of aryl methyl sites for hydroxylation is 2. The third-order valence-electron chi connectivity index (χ3n) is 2.59. The van der Waals surface area contributed by atoms with Gasteiger partial charge < -0.3 is 0 Å². The molecule has 1 aromatic rings. The van der Waals surface area contributed by atoms with Crippen LogP contribution in [0.5, 0.6) is 0 Å². The maximum Gasteiger partial charge on any atom is 0.150 e. The zero-order chi connectivity index (χ0) is 9.26. The molecule has 0 aromatic carbocycles. The van der Waals surface area contributed by atoms with E-state index in [1.807, 2.05) is 13.0 Å². The fraction of sp³-hybridized carbons (Fsp3) is 0.455. The van der Waals surface area contributed by atoms with E-state index < -0.39 is 0 Å². The second-order valence-corrected chi connectivity index (χ2v) is 3.60. The first-order valence-corrected chi connectivity index (χ1v) is 4.76. The smallest absolute Gasteiger partial charge is 0.150 e. The van der Waals surface area contributed by atoms with E-state index in [1.165, 1.54) is 18.4 Å². The summed E-state index contributed by atoms with van der Waals surface area (Å²) in [4.78, 5) is 15.3. The molecule has 1 heterocycles. The fourth-order valence-electron chi connectivity index (χ4n) is 1.99. The first-order valence-electron chi connectivity index (χ1n) is 4.76. The molecule has 2 heteroatoms. The molecule has 0 saturated heterocycles. The molecule has 1 aromatic heterocycles. The largest absolute Gasteiger partial charge is 0.298 e. The Morgan fingerprint density at radius 3 is 2.92 bits per heavy atom. The van der Waals surface area contributed by atoms with Crippen LogP contribution in [-0.4, -0.2) is 11.3 Å². The van der Waals surface area contributed by atoms with Crippen LogP contribution < -0.4 is 0 Å². The third-order valence-corrected chi connectivity index (χ3v) is 2.59. The van der Waals surface area contributed by atoms with Crippen molar-refractivity contribution in [2.45, 2.75) is 32.6 Å². The van der Waals surface area contributed by atoms with Gasteiger partial charge in [-0.15, -0.1) is 0 Å². The second kappa shape index (κ2) is 3.29. The zero-order valence-electron chi connectivity index (χ0n) is 7.84. The van der Waals surface area contributed by atoms with Crippen molar-refractivity contribution in [3.63, 3.8) is 0 Å². The molecule has 68 valence electrons. The minimum absolute atomic E-state index is 0.849. The Labute approximate surface area is 78.0 Å². The van der Waals surface area contributed by atoms with Gasteiger partial charge in [0.25, 0.3) is 0 Å². The Kier molecular flexibility index (Phi) is 2.13. The molecule has 0 N–H and O–H groups in total. The van der Waals surface area contributed by atoms with Crippen LogP contribution in [-0.2, 0) is 12.8 Å². The topological polar surface area (TPSA) is 30.0 Å². The van der Waals surface area contributed by atoms with Gasteiger partial charge in [0.15, 0.2) is 0 Å². The maximum absolute atomic E-state index is 10.8. The van der Waals surface area contributed by atoms with Crippen molar-refractivity contribution < 1.29 is 4.79 Å². The molecule has 1 aliphatic rings. The lowest BCUT2D eigenvalue weighted by Gasteiger charge is -2.16. The summed E-state index contributed by atoms with van der Waals surface area (Å²) in [6.45, 7) is 1.95. The summed E-state index contributed by atoms with van der Waals surface area (Å²) in [5.41, 5.74) is 4.14. The number of carbonyl (C=O) groups is 1. The highest BCUT2D eigenvalue weighted by molar-refractivity contribution is 5.78. The lowest BCUT2D eigenvalue weighted by atomic mass is 9.92. The quantitative estimate of drug-likeness (QED) is 0.612. The van der Waals surface area contributed by atoms with Crippen LogP contribution >= 0.6 is 0 Å². The number of aromatic nitrogens is 1. The Morgan fingerprint density at radius 1 is 1.38 bits per heavy atom. The number of rotatable bonds is 1. The summed E-state index contributed by atoms with van der Waals surface area (Å²) in [6.07, 6.45) is 5.42. The summed E-state index contributed by atoms with van der Waals surface area (Å²) in [5.74, 6) is 0. The highest BCUT2D eigenvalue weighted by Crippen LogP contribution is 2.22. The highest BCUT2D eigenvalue weighted by Gasteiger charge is 2.14. The van der Waals surface area contributed by atoms with E-state index in [9.17, 15) is 4.79 Å². The van der Waals surface area contributed by atoms with Gasteiger partial charge in [-0.05, 0) is 44.2 Å². The van der Waals surface area contributed by atoms with Crippen molar-refractivity contribution in [3.8, 4) is 0 Å². The molecule has 13 heavy (non-hydrogen) atoms. The van der Waals surface area contributed by atoms with Crippen LogP contribution in [0.25, 0.3) is 0 Å². The molecule has 0 amide bonds. The average Bonchev–Trinajstić information content (AvgIpc) is 2.16. The average molecular weight is 175 g/mol. The van der Waals surface area contributed by atoms with Crippen LogP contribution in [0.15, 0.2) is 6.07 Å². The molecule has 0 radical (unpaired) electrons. The standard InChI is InChI=1S/C11H13NO/c1-8-6-9(7-13)10-4-2-3-5-11(10)12-8/h6-7H,2-5H2,1H3. The molecule has 2 nitrogen and oxygen atoms in total. The predicted molar refractivity (Wildman–Crippen MR) is 51.0 cm³/mol. The van der Waals surface area contributed by atoms with Crippen molar-refractivity contribution in [2.24, 2.45) is 0 Å². The van der Waals surface area contributed by atoms with Crippen molar-refractivity contribution in [3.05, 3.63) is 28.6 Å². The normalized spacial score (nSPS) is 15.2. The molecule has 0 saturated carbocycles. The van der Waals surface area contributed by atoms with E-state index >= 15 is 0 Å². The van der Waals surface area contributed by atoms with Crippen LogP contribution in [0.4, 0.5) is 0 Å². The van der Waals surface area contributed by atoms with E-state index in [0.717, 1.165) is 36.1 Å². The first-order chi connectivity index (χ1) is 6.31. The summed E-state index contributed by atoms with van der Waals surface area (Å²) in [5, 5.41) is 0.